The van der Waals surface area contributed by atoms with Crippen LogP contribution in [0.3, 0.4) is 0 Å². The highest BCUT2D eigenvalue weighted by Gasteiger charge is 2.05. The Labute approximate surface area is 133 Å². The highest BCUT2D eigenvalue weighted by atomic mass is 16.5. The third kappa shape index (κ3) is 7.31. The van der Waals surface area contributed by atoms with Crippen LogP contribution in [0.25, 0.3) is 0 Å². The summed E-state index contributed by atoms with van der Waals surface area (Å²) in [6.07, 6.45) is 3.10. The van der Waals surface area contributed by atoms with Crippen LogP contribution in [-0.4, -0.2) is 44.6 Å². The number of nitrogens with one attached hydrogen (secondary N) is 1. The standard InChI is InChI=1S/C17H29N3O2/c1-4-12-22-16-8-6-14(13-15(16)18)7-9-17(21)19-10-5-11-20(2)3/h6,8,13H,4-5,7,9-12,18H2,1-3H3,(H,19,21). The molecule has 5 heteroatoms. The lowest BCUT2D eigenvalue weighted by Gasteiger charge is -2.11. The van der Waals surface area contributed by atoms with Crippen LogP contribution in [0.1, 0.15) is 31.7 Å². The minimum Gasteiger partial charge on any atom is -0.491 e. The highest BCUT2D eigenvalue weighted by Crippen LogP contribution is 2.23. The molecule has 0 aliphatic carbocycles. The van der Waals surface area contributed by atoms with E-state index in [9.17, 15) is 4.79 Å². The van der Waals surface area contributed by atoms with Gasteiger partial charge in [-0.05, 0) is 57.6 Å². The lowest BCUT2D eigenvalue weighted by atomic mass is 10.1. The summed E-state index contributed by atoms with van der Waals surface area (Å²) in [4.78, 5) is 13.9. The van der Waals surface area contributed by atoms with Gasteiger partial charge in [-0.1, -0.05) is 13.0 Å². The number of nitrogens with zero attached hydrogens (tertiary/aromatic N) is 1. The number of rotatable bonds is 10. The number of nitrogen functional groups attached to an aromatic ring is 1. The van der Waals surface area contributed by atoms with Gasteiger partial charge in [0.2, 0.25) is 5.91 Å². The lowest BCUT2D eigenvalue weighted by molar-refractivity contribution is -0.121. The van der Waals surface area contributed by atoms with Crippen LogP contribution in [0, 0.1) is 0 Å². The summed E-state index contributed by atoms with van der Waals surface area (Å²) in [5.74, 6) is 0.808. The maximum atomic E-state index is 11.8. The molecule has 22 heavy (non-hydrogen) atoms. The average Bonchev–Trinajstić information content (AvgIpc) is 2.48. The van der Waals surface area contributed by atoms with Gasteiger partial charge in [0.25, 0.3) is 0 Å². The molecule has 0 atom stereocenters. The van der Waals surface area contributed by atoms with Crippen LogP contribution < -0.4 is 15.8 Å². The van der Waals surface area contributed by atoms with Crippen molar-refractivity contribution in [3.8, 4) is 5.75 Å². The van der Waals surface area contributed by atoms with Crippen molar-refractivity contribution in [3.63, 3.8) is 0 Å². The van der Waals surface area contributed by atoms with Crippen LogP contribution >= 0.6 is 0 Å². The maximum absolute atomic E-state index is 11.8. The van der Waals surface area contributed by atoms with E-state index in [-0.39, 0.29) is 5.91 Å². The fraction of sp³-hybridized carbons (Fsp3) is 0.588. The van der Waals surface area contributed by atoms with Crippen LogP contribution in [-0.2, 0) is 11.2 Å². The Kier molecular flexibility index (Phi) is 8.36. The van der Waals surface area contributed by atoms with Gasteiger partial charge in [-0.25, -0.2) is 0 Å². The molecule has 0 unspecified atom stereocenters. The normalized spacial score (nSPS) is 10.7. The topological polar surface area (TPSA) is 67.6 Å². The Morgan fingerprint density at radius 3 is 2.77 bits per heavy atom. The number of aryl methyl sites for hydroxylation is 1. The third-order valence-electron chi connectivity index (χ3n) is 3.28. The van der Waals surface area contributed by atoms with Crippen molar-refractivity contribution >= 4 is 11.6 Å². The van der Waals surface area contributed by atoms with E-state index in [4.69, 9.17) is 10.5 Å². The Hall–Kier alpha value is -1.75. The number of ether oxygens (including phenoxy) is 1. The van der Waals surface area contributed by atoms with Gasteiger partial charge in [-0.3, -0.25) is 4.79 Å². The summed E-state index contributed by atoms with van der Waals surface area (Å²) < 4.78 is 5.54. The van der Waals surface area contributed by atoms with Gasteiger partial charge >= 0.3 is 0 Å². The number of benzene rings is 1. The van der Waals surface area contributed by atoms with E-state index < -0.39 is 0 Å². The predicted molar refractivity (Wildman–Crippen MR) is 91.1 cm³/mol. The molecule has 1 aromatic rings. The zero-order valence-electron chi connectivity index (χ0n) is 14.0. The molecule has 3 N–H and O–H groups in total. The molecular formula is C17H29N3O2. The number of carbonyl (C=O) groups is 1. The molecule has 0 saturated carbocycles. The first-order valence-corrected chi connectivity index (χ1v) is 7.95. The molecule has 5 nitrogen and oxygen atoms in total. The highest BCUT2D eigenvalue weighted by molar-refractivity contribution is 5.76. The smallest absolute Gasteiger partial charge is 0.220 e. The van der Waals surface area contributed by atoms with Crippen molar-refractivity contribution in [3.05, 3.63) is 23.8 Å². The largest absolute Gasteiger partial charge is 0.491 e. The molecule has 1 amide bonds. The predicted octanol–water partition coefficient (Wildman–Crippen LogP) is 2.06. The zero-order chi connectivity index (χ0) is 16.4. The van der Waals surface area contributed by atoms with E-state index in [0.717, 1.165) is 37.2 Å². The second kappa shape index (κ2) is 10.1. The Bertz CT molecular complexity index is 461. The van der Waals surface area contributed by atoms with E-state index in [0.29, 0.717) is 25.1 Å². The molecule has 0 aromatic heterocycles. The fourth-order valence-electron chi connectivity index (χ4n) is 2.07. The van der Waals surface area contributed by atoms with Gasteiger partial charge in [-0.15, -0.1) is 0 Å². The van der Waals surface area contributed by atoms with Crippen molar-refractivity contribution in [2.75, 3.05) is 39.5 Å². The van der Waals surface area contributed by atoms with Gasteiger partial charge < -0.3 is 20.7 Å². The maximum Gasteiger partial charge on any atom is 0.220 e. The summed E-state index contributed by atoms with van der Waals surface area (Å²) in [7, 11) is 4.06. The second-order valence-electron chi connectivity index (χ2n) is 5.73. The molecule has 0 fully saturated rings. The van der Waals surface area contributed by atoms with Gasteiger partial charge in [-0.2, -0.15) is 0 Å². The molecule has 124 valence electrons. The third-order valence-corrected chi connectivity index (χ3v) is 3.28. The first kappa shape index (κ1) is 18.3. The second-order valence-corrected chi connectivity index (χ2v) is 5.73. The number of amides is 1. The molecule has 1 rings (SSSR count). The van der Waals surface area contributed by atoms with E-state index in [1.807, 2.05) is 32.3 Å². The number of anilines is 1. The summed E-state index contributed by atoms with van der Waals surface area (Å²) in [5.41, 5.74) is 7.66. The Morgan fingerprint density at radius 1 is 1.36 bits per heavy atom. The van der Waals surface area contributed by atoms with Crippen molar-refractivity contribution in [1.82, 2.24) is 10.2 Å². The van der Waals surface area contributed by atoms with Gasteiger partial charge in [0.1, 0.15) is 5.75 Å². The lowest BCUT2D eigenvalue weighted by Crippen LogP contribution is -2.27. The van der Waals surface area contributed by atoms with Gasteiger partial charge in [0.05, 0.1) is 12.3 Å². The van der Waals surface area contributed by atoms with Crippen LogP contribution in [0.2, 0.25) is 0 Å². The first-order valence-electron chi connectivity index (χ1n) is 7.95. The van der Waals surface area contributed by atoms with Gasteiger partial charge in [0, 0.05) is 13.0 Å². The molecule has 0 aliphatic rings. The molecular weight excluding hydrogens is 278 g/mol. The summed E-state index contributed by atoms with van der Waals surface area (Å²) in [6.45, 7) is 4.43. The van der Waals surface area contributed by atoms with Crippen molar-refractivity contribution in [1.29, 1.82) is 0 Å². The minimum absolute atomic E-state index is 0.0867. The Morgan fingerprint density at radius 2 is 2.14 bits per heavy atom. The molecule has 0 spiro atoms. The molecule has 0 radical (unpaired) electrons. The van der Waals surface area contributed by atoms with E-state index in [2.05, 4.69) is 17.1 Å². The molecule has 0 aliphatic heterocycles. The molecule has 0 bridgehead atoms. The molecule has 0 saturated heterocycles. The van der Waals surface area contributed by atoms with E-state index >= 15 is 0 Å². The van der Waals surface area contributed by atoms with E-state index in [1.54, 1.807) is 0 Å². The average molecular weight is 307 g/mol. The number of hydrogen-bond donors (Lipinski definition) is 2. The number of nitrogens with two attached hydrogens (primary N) is 1. The van der Waals surface area contributed by atoms with E-state index in [1.165, 1.54) is 0 Å². The van der Waals surface area contributed by atoms with Crippen molar-refractivity contribution < 1.29 is 9.53 Å². The SMILES string of the molecule is CCCOc1ccc(CCC(=O)NCCCN(C)C)cc1N. The zero-order valence-corrected chi connectivity index (χ0v) is 14.0. The summed E-state index contributed by atoms with van der Waals surface area (Å²) in [6, 6.07) is 5.75. The monoisotopic (exact) mass is 307 g/mol. The number of carbonyl (C=O) groups excluding carboxylic acids is 1. The minimum atomic E-state index is 0.0867. The van der Waals surface area contributed by atoms with Crippen LogP contribution in [0.4, 0.5) is 5.69 Å². The summed E-state index contributed by atoms with van der Waals surface area (Å²) in [5, 5.41) is 2.94. The quantitative estimate of drug-likeness (QED) is 0.513. The van der Waals surface area contributed by atoms with Gasteiger partial charge in [0.15, 0.2) is 0 Å². The van der Waals surface area contributed by atoms with Crippen LogP contribution in [0.15, 0.2) is 18.2 Å². The fourth-order valence-corrected chi connectivity index (χ4v) is 2.07. The first-order chi connectivity index (χ1) is 10.5. The molecule has 0 heterocycles. The van der Waals surface area contributed by atoms with Crippen molar-refractivity contribution in [2.45, 2.75) is 32.6 Å². The molecule has 1 aromatic carbocycles. The summed E-state index contributed by atoms with van der Waals surface area (Å²) >= 11 is 0. The van der Waals surface area contributed by atoms with Crippen LogP contribution in [0.5, 0.6) is 5.75 Å². The number of hydrogen-bond acceptors (Lipinski definition) is 4. The Balaban J connectivity index is 2.32. The van der Waals surface area contributed by atoms with Crippen molar-refractivity contribution in [2.24, 2.45) is 0 Å².